The second-order valence-corrected chi connectivity index (χ2v) is 9.99. The molecule has 0 saturated heterocycles. The maximum absolute atomic E-state index is 12.4. The van der Waals surface area contributed by atoms with Crippen LogP contribution in [-0.2, 0) is 21.4 Å². The van der Waals surface area contributed by atoms with Crippen molar-refractivity contribution in [1.82, 2.24) is 9.55 Å². The van der Waals surface area contributed by atoms with Crippen molar-refractivity contribution in [3.63, 3.8) is 0 Å². The van der Waals surface area contributed by atoms with Gasteiger partial charge in [0.2, 0.25) is 5.91 Å². The summed E-state index contributed by atoms with van der Waals surface area (Å²) in [6.07, 6.45) is 3.62. The summed E-state index contributed by atoms with van der Waals surface area (Å²) in [5, 5.41) is 6.62. The van der Waals surface area contributed by atoms with Gasteiger partial charge in [-0.15, -0.1) is 11.3 Å². The molecule has 0 aliphatic heterocycles. The van der Waals surface area contributed by atoms with Crippen LogP contribution in [0.2, 0.25) is 10.0 Å². The van der Waals surface area contributed by atoms with Gasteiger partial charge in [-0.05, 0) is 42.5 Å². The monoisotopic (exact) mass is 494 g/mol. The molecule has 0 radical (unpaired) electrons. The molecule has 0 bridgehead atoms. The van der Waals surface area contributed by atoms with Crippen LogP contribution in [0.25, 0.3) is 10.9 Å². The molecule has 2 heterocycles. The van der Waals surface area contributed by atoms with E-state index in [1.54, 1.807) is 29.6 Å². The summed E-state index contributed by atoms with van der Waals surface area (Å²) < 4.78 is 29.1. The molecular weight excluding hydrogens is 479 g/mol. The zero-order valence-corrected chi connectivity index (χ0v) is 19.0. The summed E-state index contributed by atoms with van der Waals surface area (Å²) in [4.78, 5) is 16.3. The van der Waals surface area contributed by atoms with Crippen LogP contribution < -0.4 is 10.0 Å². The minimum Gasteiger partial charge on any atom is -0.347 e. The quantitative estimate of drug-likeness (QED) is 0.367. The molecule has 2 aromatic carbocycles. The normalized spacial score (nSPS) is 11.5. The third-order valence-electron chi connectivity index (χ3n) is 4.50. The third kappa shape index (κ3) is 5.01. The van der Waals surface area contributed by atoms with Gasteiger partial charge in [-0.1, -0.05) is 23.2 Å². The van der Waals surface area contributed by atoms with Crippen molar-refractivity contribution in [1.29, 1.82) is 0 Å². The van der Waals surface area contributed by atoms with Gasteiger partial charge in [0.25, 0.3) is 10.0 Å². The van der Waals surface area contributed by atoms with Crippen molar-refractivity contribution in [3.05, 3.63) is 70.3 Å². The fourth-order valence-corrected chi connectivity index (χ4v) is 5.11. The number of hydrogen-bond acceptors (Lipinski definition) is 5. The van der Waals surface area contributed by atoms with Crippen molar-refractivity contribution >= 4 is 72.2 Å². The number of hydrogen-bond donors (Lipinski definition) is 2. The number of thiazole rings is 1. The number of rotatable bonds is 7. The minimum atomic E-state index is -3.73. The Morgan fingerprint density at radius 1 is 1.10 bits per heavy atom. The summed E-state index contributed by atoms with van der Waals surface area (Å²) in [5.74, 6) is -0.196. The first-order valence-electron chi connectivity index (χ1n) is 9.08. The fraction of sp³-hybridized carbons (Fsp3) is 0.100. The summed E-state index contributed by atoms with van der Waals surface area (Å²) in [5.41, 5.74) is 1.40. The summed E-state index contributed by atoms with van der Waals surface area (Å²) in [6, 6.07) is 11.4. The smallest absolute Gasteiger partial charge is 0.263 e. The van der Waals surface area contributed by atoms with Crippen LogP contribution in [0, 0.1) is 0 Å². The minimum absolute atomic E-state index is 0.0787. The summed E-state index contributed by atoms with van der Waals surface area (Å²) in [7, 11) is -3.73. The van der Waals surface area contributed by atoms with E-state index in [4.69, 9.17) is 23.2 Å². The van der Waals surface area contributed by atoms with Gasteiger partial charge in [0.05, 0.1) is 14.9 Å². The van der Waals surface area contributed by atoms with E-state index in [2.05, 4.69) is 15.0 Å². The average molecular weight is 495 g/mol. The van der Waals surface area contributed by atoms with Gasteiger partial charge in [0.15, 0.2) is 5.13 Å². The summed E-state index contributed by atoms with van der Waals surface area (Å²) in [6.45, 7) is 0.456. The molecule has 4 aromatic rings. The van der Waals surface area contributed by atoms with Crippen molar-refractivity contribution in [3.8, 4) is 0 Å². The van der Waals surface area contributed by atoms with Crippen molar-refractivity contribution in [2.45, 2.75) is 17.9 Å². The highest BCUT2D eigenvalue weighted by molar-refractivity contribution is 7.93. The number of carbonyl (C=O) groups excluding carboxylic acids is 1. The predicted octanol–water partition coefficient (Wildman–Crippen LogP) is 5.23. The van der Waals surface area contributed by atoms with Crippen LogP contribution in [-0.4, -0.2) is 23.9 Å². The first-order chi connectivity index (χ1) is 14.8. The van der Waals surface area contributed by atoms with Gasteiger partial charge in [-0.25, -0.2) is 13.4 Å². The molecule has 31 heavy (non-hydrogen) atoms. The van der Waals surface area contributed by atoms with E-state index in [-0.39, 0.29) is 17.2 Å². The second-order valence-electron chi connectivity index (χ2n) is 6.60. The SMILES string of the molecule is O=C(CCn1ccc2cc(Cl)c(Cl)cc21)Nc1ccc(S(=O)(=O)Nc2nccs2)cc1. The van der Waals surface area contributed by atoms with Crippen LogP contribution in [0.3, 0.4) is 0 Å². The molecule has 2 N–H and O–H groups in total. The number of anilines is 2. The van der Waals surface area contributed by atoms with E-state index in [9.17, 15) is 13.2 Å². The fourth-order valence-electron chi connectivity index (χ4n) is 2.99. The molecule has 0 unspecified atom stereocenters. The number of aryl methyl sites for hydroxylation is 1. The Balaban J connectivity index is 1.37. The molecule has 0 aliphatic carbocycles. The van der Waals surface area contributed by atoms with Gasteiger partial charge in [-0.2, -0.15) is 0 Å². The molecule has 2 aromatic heterocycles. The van der Waals surface area contributed by atoms with E-state index in [0.717, 1.165) is 10.9 Å². The van der Waals surface area contributed by atoms with Gasteiger partial charge in [0, 0.05) is 47.3 Å². The Hall–Kier alpha value is -2.59. The van der Waals surface area contributed by atoms with Gasteiger partial charge in [0.1, 0.15) is 0 Å². The molecule has 0 atom stereocenters. The Labute approximate surface area is 192 Å². The first-order valence-corrected chi connectivity index (χ1v) is 12.2. The molecule has 160 valence electrons. The molecule has 0 saturated carbocycles. The Bertz CT molecular complexity index is 1340. The lowest BCUT2D eigenvalue weighted by molar-refractivity contribution is -0.116. The molecule has 0 fully saturated rings. The lowest BCUT2D eigenvalue weighted by Crippen LogP contribution is -2.15. The number of fused-ring (bicyclic) bond motifs is 1. The average Bonchev–Trinajstić information content (AvgIpc) is 3.37. The second kappa shape index (κ2) is 8.88. The van der Waals surface area contributed by atoms with E-state index >= 15 is 0 Å². The number of benzene rings is 2. The number of aromatic nitrogens is 2. The Morgan fingerprint density at radius 2 is 1.84 bits per heavy atom. The zero-order valence-electron chi connectivity index (χ0n) is 15.9. The third-order valence-corrected chi connectivity index (χ3v) is 7.39. The van der Waals surface area contributed by atoms with E-state index < -0.39 is 10.0 Å². The maximum atomic E-state index is 12.4. The standard InChI is InChI=1S/C20H16Cl2N4O3S2/c21-16-11-13-5-8-26(18(13)12-17(16)22)9-6-19(27)24-14-1-3-15(4-2-14)31(28,29)25-20-23-7-10-30-20/h1-5,7-8,10-12H,6,9H2,(H,23,25)(H,24,27). The lowest BCUT2D eigenvalue weighted by atomic mass is 10.2. The number of amides is 1. The number of nitrogens with one attached hydrogen (secondary N) is 2. The van der Waals surface area contributed by atoms with E-state index in [0.29, 0.717) is 27.4 Å². The topological polar surface area (TPSA) is 93.1 Å². The molecule has 4 rings (SSSR count). The van der Waals surface area contributed by atoms with Crippen LogP contribution in [0.1, 0.15) is 6.42 Å². The molecule has 1 amide bonds. The lowest BCUT2D eigenvalue weighted by Gasteiger charge is -2.09. The van der Waals surface area contributed by atoms with Crippen LogP contribution in [0.4, 0.5) is 10.8 Å². The molecular formula is C20H16Cl2N4O3S2. The number of sulfonamides is 1. The highest BCUT2D eigenvalue weighted by atomic mass is 35.5. The maximum Gasteiger partial charge on any atom is 0.263 e. The predicted molar refractivity (Wildman–Crippen MR) is 125 cm³/mol. The van der Waals surface area contributed by atoms with Crippen molar-refractivity contribution in [2.24, 2.45) is 0 Å². The zero-order chi connectivity index (χ0) is 22.0. The number of carbonyl (C=O) groups is 1. The molecule has 0 aliphatic rings. The van der Waals surface area contributed by atoms with E-state index in [1.165, 1.54) is 29.7 Å². The Kier molecular flexibility index (Phi) is 6.19. The van der Waals surface area contributed by atoms with Crippen LogP contribution in [0.15, 0.2) is 65.1 Å². The van der Waals surface area contributed by atoms with Crippen LogP contribution >= 0.6 is 34.5 Å². The number of halogens is 2. The van der Waals surface area contributed by atoms with E-state index in [1.807, 2.05) is 16.8 Å². The largest absolute Gasteiger partial charge is 0.347 e. The number of nitrogens with zero attached hydrogens (tertiary/aromatic N) is 2. The van der Waals surface area contributed by atoms with Gasteiger partial charge in [-0.3, -0.25) is 9.52 Å². The van der Waals surface area contributed by atoms with Crippen molar-refractivity contribution in [2.75, 3.05) is 10.0 Å². The van der Waals surface area contributed by atoms with Crippen LogP contribution in [0.5, 0.6) is 0 Å². The highest BCUT2D eigenvalue weighted by Crippen LogP contribution is 2.28. The summed E-state index contributed by atoms with van der Waals surface area (Å²) >= 11 is 13.3. The first kappa shape index (κ1) is 21.6. The Morgan fingerprint density at radius 3 is 2.55 bits per heavy atom. The van der Waals surface area contributed by atoms with Gasteiger partial charge >= 0.3 is 0 Å². The molecule has 11 heteroatoms. The van der Waals surface area contributed by atoms with Crippen molar-refractivity contribution < 1.29 is 13.2 Å². The molecule has 0 spiro atoms. The van der Waals surface area contributed by atoms with Gasteiger partial charge < -0.3 is 9.88 Å². The molecule has 7 nitrogen and oxygen atoms in total. The highest BCUT2D eigenvalue weighted by Gasteiger charge is 2.15.